The Kier molecular flexibility index (Phi) is 7.83. The second kappa shape index (κ2) is 10.6. The summed E-state index contributed by atoms with van der Waals surface area (Å²) in [7, 11) is 0. The maximum atomic E-state index is 13.7. The summed E-state index contributed by atoms with van der Waals surface area (Å²) < 4.78 is 24.9. The third-order valence-corrected chi connectivity index (χ3v) is 5.06. The van der Waals surface area contributed by atoms with E-state index in [1.165, 1.54) is 17.2 Å². The van der Waals surface area contributed by atoms with E-state index in [-0.39, 0.29) is 18.5 Å². The Morgan fingerprint density at radius 2 is 1.93 bits per heavy atom. The molecule has 1 heterocycles. The molecular weight excluding hydrogens is 357 g/mol. The molecule has 1 aliphatic heterocycles. The zero-order valence-corrected chi connectivity index (χ0v) is 16.5. The van der Waals surface area contributed by atoms with E-state index in [4.69, 9.17) is 9.47 Å². The number of aliphatic hydroxyl groups is 1. The number of hydrogen-bond acceptors (Lipinski definition) is 4. The molecule has 5 heteroatoms. The van der Waals surface area contributed by atoms with Gasteiger partial charge in [-0.1, -0.05) is 43.3 Å². The molecule has 0 saturated carbocycles. The summed E-state index contributed by atoms with van der Waals surface area (Å²) in [5, 5.41) is 10.5. The van der Waals surface area contributed by atoms with E-state index in [2.05, 4.69) is 36.1 Å². The van der Waals surface area contributed by atoms with E-state index in [1.807, 2.05) is 0 Å². The number of halogens is 1. The molecule has 0 aromatic heterocycles. The van der Waals surface area contributed by atoms with Crippen LogP contribution in [0.25, 0.3) is 0 Å². The Balaban J connectivity index is 1.57. The average molecular weight is 387 g/mol. The van der Waals surface area contributed by atoms with E-state index in [0.29, 0.717) is 6.54 Å². The lowest BCUT2D eigenvalue weighted by atomic mass is 10.1. The average Bonchev–Trinajstić information content (AvgIpc) is 3.21. The summed E-state index contributed by atoms with van der Waals surface area (Å²) in [5.41, 5.74) is 2.52. The molecule has 2 aromatic rings. The molecule has 0 bridgehead atoms. The van der Waals surface area contributed by atoms with Crippen LogP contribution in [0.2, 0.25) is 0 Å². The van der Waals surface area contributed by atoms with Gasteiger partial charge in [0.1, 0.15) is 12.7 Å². The number of aliphatic hydroxyl groups excluding tert-OH is 1. The topological polar surface area (TPSA) is 41.9 Å². The number of nitrogens with zero attached hydrogens (tertiary/aromatic N) is 1. The third-order valence-electron chi connectivity index (χ3n) is 5.06. The highest BCUT2D eigenvalue weighted by molar-refractivity contribution is 5.24. The van der Waals surface area contributed by atoms with Crippen molar-refractivity contribution >= 4 is 0 Å². The first-order valence-corrected chi connectivity index (χ1v) is 10.1. The number of aryl methyl sites for hydroxylation is 1. The van der Waals surface area contributed by atoms with Gasteiger partial charge in [0.2, 0.25) is 0 Å². The molecule has 4 nitrogen and oxygen atoms in total. The predicted octanol–water partition coefficient (Wildman–Crippen LogP) is 3.81. The van der Waals surface area contributed by atoms with Crippen LogP contribution in [0, 0.1) is 5.82 Å². The SMILES string of the molecule is CCc1ccc(CN(CC(O)COc2ccccc2F)CC2CCCO2)cc1. The second-order valence-corrected chi connectivity index (χ2v) is 7.39. The highest BCUT2D eigenvalue weighted by atomic mass is 19.1. The molecule has 0 spiro atoms. The van der Waals surface area contributed by atoms with Gasteiger partial charge in [-0.15, -0.1) is 0 Å². The molecule has 1 fully saturated rings. The Labute approximate surface area is 166 Å². The lowest BCUT2D eigenvalue weighted by molar-refractivity contribution is 0.0308. The van der Waals surface area contributed by atoms with Crippen LogP contribution >= 0.6 is 0 Å². The van der Waals surface area contributed by atoms with Gasteiger partial charge < -0.3 is 14.6 Å². The number of benzene rings is 2. The summed E-state index contributed by atoms with van der Waals surface area (Å²) in [6.07, 6.45) is 2.65. The Morgan fingerprint density at radius 3 is 2.61 bits per heavy atom. The van der Waals surface area contributed by atoms with Crippen LogP contribution in [0.15, 0.2) is 48.5 Å². The normalized spacial score (nSPS) is 17.8. The minimum absolute atomic E-state index is 0.0533. The predicted molar refractivity (Wildman–Crippen MR) is 108 cm³/mol. The minimum atomic E-state index is -0.712. The zero-order chi connectivity index (χ0) is 19.8. The summed E-state index contributed by atoms with van der Waals surface area (Å²) in [6.45, 7) is 4.96. The summed E-state index contributed by atoms with van der Waals surface area (Å²) >= 11 is 0. The lowest BCUT2D eigenvalue weighted by Gasteiger charge is -2.27. The van der Waals surface area contributed by atoms with Crippen molar-refractivity contribution in [2.45, 2.75) is 44.9 Å². The number of ether oxygens (including phenoxy) is 2. The van der Waals surface area contributed by atoms with Crippen molar-refractivity contribution < 1.29 is 19.0 Å². The quantitative estimate of drug-likeness (QED) is 0.673. The first-order valence-electron chi connectivity index (χ1n) is 10.1. The summed E-state index contributed by atoms with van der Waals surface area (Å²) in [6, 6.07) is 14.8. The first kappa shape index (κ1) is 20.8. The standard InChI is InChI=1S/C23H30FNO3/c1-2-18-9-11-19(12-10-18)14-25(16-21-6-5-13-27-21)15-20(26)17-28-23-8-4-3-7-22(23)24/h3-4,7-12,20-21,26H,2,5-6,13-17H2,1H3. The van der Waals surface area contributed by atoms with E-state index in [0.717, 1.165) is 39.0 Å². The van der Waals surface area contributed by atoms with Crippen LogP contribution in [-0.2, 0) is 17.7 Å². The van der Waals surface area contributed by atoms with Crippen molar-refractivity contribution in [3.05, 3.63) is 65.5 Å². The lowest BCUT2D eigenvalue weighted by Crippen LogP contribution is -2.39. The van der Waals surface area contributed by atoms with Crippen LogP contribution in [0.4, 0.5) is 4.39 Å². The molecule has 0 aliphatic carbocycles. The van der Waals surface area contributed by atoms with Gasteiger partial charge >= 0.3 is 0 Å². The van der Waals surface area contributed by atoms with E-state index >= 15 is 0 Å². The fraction of sp³-hybridized carbons (Fsp3) is 0.478. The van der Waals surface area contributed by atoms with Gasteiger partial charge in [0.25, 0.3) is 0 Å². The Morgan fingerprint density at radius 1 is 1.18 bits per heavy atom. The van der Waals surface area contributed by atoms with Crippen LogP contribution in [0.5, 0.6) is 5.75 Å². The van der Waals surface area contributed by atoms with Gasteiger partial charge in [-0.2, -0.15) is 0 Å². The molecule has 2 aromatic carbocycles. The second-order valence-electron chi connectivity index (χ2n) is 7.39. The molecule has 3 rings (SSSR count). The molecule has 2 unspecified atom stereocenters. The Bertz CT molecular complexity index is 716. The van der Waals surface area contributed by atoms with Crippen molar-refractivity contribution in [3.8, 4) is 5.75 Å². The van der Waals surface area contributed by atoms with Crippen LogP contribution < -0.4 is 4.74 Å². The largest absolute Gasteiger partial charge is 0.488 e. The summed E-state index contributed by atoms with van der Waals surface area (Å²) in [4.78, 5) is 2.20. The number of hydrogen-bond donors (Lipinski definition) is 1. The van der Waals surface area contributed by atoms with Gasteiger partial charge in [0.15, 0.2) is 11.6 Å². The minimum Gasteiger partial charge on any atom is -0.488 e. The monoisotopic (exact) mass is 387 g/mol. The van der Waals surface area contributed by atoms with Crippen molar-refractivity contribution in [1.82, 2.24) is 4.90 Å². The third kappa shape index (κ3) is 6.30. The maximum Gasteiger partial charge on any atom is 0.165 e. The Hall–Kier alpha value is -1.95. The molecule has 0 radical (unpaired) electrons. The van der Waals surface area contributed by atoms with Crippen molar-refractivity contribution in [2.75, 3.05) is 26.3 Å². The fourth-order valence-corrected chi connectivity index (χ4v) is 3.52. The van der Waals surface area contributed by atoms with Crippen LogP contribution in [0.3, 0.4) is 0 Å². The molecule has 1 aliphatic rings. The molecule has 2 atom stereocenters. The fourth-order valence-electron chi connectivity index (χ4n) is 3.52. The van der Waals surface area contributed by atoms with Crippen LogP contribution in [0.1, 0.15) is 30.9 Å². The van der Waals surface area contributed by atoms with Gasteiger partial charge in [-0.25, -0.2) is 4.39 Å². The van der Waals surface area contributed by atoms with Gasteiger partial charge in [-0.05, 0) is 42.5 Å². The molecule has 1 N–H and O–H groups in total. The van der Waals surface area contributed by atoms with Crippen LogP contribution in [-0.4, -0.2) is 48.5 Å². The highest BCUT2D eigenvalue weighted by Gasteiger charge is 2.21. The molecule has 0 amide bonds. The molecular formula is C23H30FNO3. The van der Waals surface area contributed by atoms with Crippen molar-refractivity contribution in [1.29, 1.82) is 0 Å². The van der Waals surface area contributed by atoms with Crippen molar-refractivity contribution in [3.63, 3.8) is 0 Å². The molecule has 28 heavy (non-hydrogen) atoms. The molecule has 152 valence electrons. The summed E-state index contributed by atoms with van der Waals surface area (Å²) in [5.74, 6) is -0.246. The van der Waals surface area contributed by atoms with Crippen molar-refractivity contribution in [2.24, 2.45) is 0 Å². The number of rotatable bonds is 10. The maximum absolute atomic E-state index is 13.7. The first-order chi connectivity index (χ1) is 13.6. The van der Waals surface area contributed by atoms with E-state index < -0.39 is 11.9 Å². The van der Waals surface area contributed by atoms with Gasteiger partial charge in [-0.3, -0.25) is 4.90 Å². The van der Waals surface area contributed by atoms with Gasteiger partial charge in [0.05, 0.1) is 6.10 Å². The van der Waals surface area contributed by atoms with Gasteiger partial charge in [0, 0.05) is 26.2 Å². The zero-order valence-electron chi connectivity index (χ0n) is 16.5. The smallest absolute Gasteiger partial charge is 0.165 e. The van der Waals surface area contributed by atoms with E-state index in [9.17, 15) is 9.50 Å². The van der Waals surface area contributed by atoms with E-state index in [1.54, 1.807) is 18.2 Å². The number of para-hydroxylation sites is 1. The molecule has 1 saturated heterocycles. The highest BCUT2D eigenvalue weighted by Crippen LogP contribution is 2.18.